The van der Waals surface area contributed by atoms with Crippen LogP contribution in [0.25, 0.3) is 0 Å². The number of rotatable bonds is 2. The number of urea groups is 2. The lowest BCUT2D eigenvalue weighted by Crippen LogP contribution is -2.51. The van der Waals surface area contributed by atoms with E-state index < -0.39 is 18.1 Å². The number of imide groups is 1. The third-order valence-corrected chi connectivity index (χ3v) is 2.74. The van der Waals surface area contributed by atoms with Gasteiger partial charge in [-0.15, -0.1) is 0 Å². The van der Waals surface area contributed by atoms with Gasteiger partial charge in [0.25, 0.3) is 0 Å². The summed E-state index contributed by atoms with van der Waals surface area (Å²) in [6, 6.07) is -1.71. The van der Waals surface area contributed by atoms with E-state index >= 15 is 0 Å². The van der Waals surface area contributed by atoms with Crippen molar-refractivity contribution in [1.29, 1.82) is 5.41 Å². The Kier molecular flexibility index (Phi) is 6.40. The molecule has 17 heavy (non-hydrogen) atoms. The minimum Gasteiger partial charge on any atom is -0.468 e. The zero-order valence-electron chi connectivity index (χ0n) is 10.7. The van der Waals surface area contributed by atoms with Crippen molar-refractivity contribution in [3.8, 4) is 0 Å². The summed E-state index contributed by atoms with van der Waals surface area (Å²) in [5, 5.41) is 7.49. The maximum atomic E-state index is 12.0. The molecule has 0 aromatic heterocycles. The first-order chi connectivity index (χ1) is 7.90. The van der Waals surface area contributed by atoms with E-state index in [1.165, 1.54) is 42.4 Å². The summed E-state index contributed by atoms with van der Waals surface area (Å²) in [4.78, 5) is 25.7. The van der Waals surface area contributed by atoms with Crippen molar-refractivity contribution in [2.24, 2.45) is 0 Å². The van der Waals surface area contributed by atoms with Crippen LogP contribution in [0.1, 0.15) is 6.92 Å². The highest BCUT2D eigenvalue weighted by molar-refractivity contribution is 7.96. The van der Waals surface area contributed by atoms with Gasteiger partial charge in [0.2, 0.25) is 0 Å². The summed E-state index contributed by atoms with van der Waals surface area (Å²) in [5.41, 5.74) is 0. The number of amidine groups is 1. The molecule has 0 aliphatic heterocycles. The number of nitrogens with one attached hydrogen (secondary N) is 1. The summed E-state index contributed by atoms with van der Waals surface area (Å²) in [7, 11) is 4.24. The van der Waals surface area contributed by atoms with Crippen molar-refractivity contribution in [3.05, 3.63) is 0 Å². The number of methoxy groups -OCH3 is 1. The van der Waals surface area contributed by atoms with E-state index in [0.29, 0.717) is 11.4 Å². The summed E-state index contributed by atoms with van der Waals surface area (Å²) in [6.45, 7) is 2.21. The number of nitrogens with zero attached hydrogens (tertiary/aromatic N) is 3. The highest BCUT2D eigenvalue weighted by atomic mass is 32.2. The number of carbonyl (C=O) groups is 2. The standard InChI is InChI=1S/C9H18N4O3S/c1-6-12(17-5)9(15)13(7(10)16-4)8(14)11(2)3/h10H,6H2,1-5H3. The van der Waals surface area contributed by atoms with Crippen molar-refractivity contribution in [2.75, 3.05) is 34.0 Å². The monoisotopic (exact) mass is 262 g/mol. The van der Waals surface area contributed by atoms with Gasteiger partial charge in [0.15, 0.2) is 0 Å². The van der Waals surface area contributed by atoms with Crippen molar-refractivity contribution < 1.29 is 14.3 Å². The lowest BCUT2D eigenvalue weighted by molar-refractivity contribution is 0.170. The largest absolute Gasteiger partial charge is 0.468 e. The van der Waals surface area contributed by atoms with Gasteiger partial charge < -0.3 is 9.64 Å². The van der Waals surface area contributed by atoms with Crippen LogP contribution < -0.4 is 0 Å². The fraction of sp³-hybridized carbons (Fsp3) is 0.667. The molecule has 0 unspecified atom stereocenters. The number of amides is 4. The van der Waals surface area contributed by atoms with Gasteiger partial charge in [0, 0.05) is 26.9 Å². The lowest BCUT2D eigenvalue weighted by atomic mass is 10.6. The predicted molar refractivity (Wildman–Crippen MR) is 66.9 cm³/mol. The van der Waals surface area contributed by atoms with E-state index in [9.17, 15) is 9.59 Å². The second kappa shape index (κ2) is 7.00. The number of carbonyl (C=O) groups excluding carboxylic acids is 2. The van der Waals surface area contributed by atoms with Gasteiger partial charge in [-0.3, -0.25) is 9.71 Å². The van der Waals surface area contributed by atoms with Crippen molar-refractivity contribution >= 4 is 30.0 Å². The number of hydrogen-bond acceptors (Lipinski definition) is 5. The smallest absolute Gasteiger partial charge is 0.346 e. The van der Waals surface area contributed by atoms with Gasteiger partial charge >= 0.3 is 18.1 Å². The molecule has 0 heterocycles. The first kappa shape index (κ1) is 15.6. The fourth-order valence-corrected chi connectivity index (χ4v) is 1.50. The summed E-state index contributed by atoms with van der Waals surface area (Å²) < 4.78 is 6.01. The molecule has 0 aliphatic carbocycles. The molecule has 0 radical (unpaired) electrons. The zero-order valence-corrected chi connectivity index (χ0v) is 11.5. The molecule has 0 aromatic rings. The van der Waals surface area contributed by atoms with Crippen LogP contribution in [0.4, 0.5) is 9.59 Å². The van der Waals surface area contributed by atoms with Gasteiger partial charge in [-0.2, -0.15) is 4.90 Å². The van der Waals surface area contributed by atoms with Crippen LogP contribution in [-0.2, 0) is 4.74 Å². The van der Waals surface area contributed by atoms with Gasteiger partial charge in [-0.1, -0.05) is 0 Å². The normalized spacial score (nSPS) is 9.47. The molecule has 1 N–H and O–H groups in total. The molecule has 0 fully saturated rings. The van der Waals surface area contributed by atoms with Crippen molar-refractivity contribution in [3.63, 3.8) is 0 Å². The van der Waals surface area contributed by atoms with Crippen LogP contribution in [0.2, 0.25) is 0 Å². The van der Waals surface area contributed by atoms with E-state index in [2.05, 4.69) is 4.74 Å². The molecule has 0 spiro atoms. The predicted octanol–water partition coefficient (Wildman–Crippen LogP) is 1.27. The van der Waals surface area contributed by atoms with Crippen LogP contribution in [0.3, 0.4) is 0 Å². The van der Waals surface area contributed by atoms with Gasteiger partial charge in [-0.25, -0.2) is 9.59 Å². The second-order valence-corrected chi connectivity index (χ2v) is 3.99. The van der Waals surface area contributed by atoms with Crippen LogP contribution in [0, 0.1) is 5.41 Å². The average Bonchev–Trinajstić information content (AvgIpc) is 2.30. The summed E-state index contributed by atoms with van der Waals surface area (Å²) in [6.07, 6.45) is 1.72. The fourth-order valence-electron chi connectivity index (χ4n) is 1.00. The van der Waals surface area contributed by atoms with Crippen LogP contribution >= 0.6 is 11.9 Å². The zero-order chi connectivity index (χ0) is 13.6. The Balaban J connectivity index is 5.12. The number of hydrogen-bond donors (Lipinski definition) is 1. The molecule has 7 nitrogen and oxygen atoms in total. The molecule has 98 valence electrons. The Bertz CT molecular complexity index is 305. The quantitative estimate of drug-likeness (QED) is 0.462. The molecule has 0 saturated heterocycles. The van der Waals surface area contributed by atoms with E-state index in [1.54, 1.807) is 13.2 Å². The molecule has 0 saturated carbocycles. The van der Waals surface area contributed by atoms with E-state index in [-0.39, 0.29) is 0 Å². The molecule has 8 heteroatoms. The summed E-state index contributed by atoms with van der Waals surface area (Å²) in [5.74, 6) is 0. The Hall–Kier alpha value is -1.44. The number of ether oxygens (including phenoxy) is 1. The highest BCUT2D eigenvalue weighted by Gasteiger charge is 2.31. The molecule has 0 rings (SSSR count). The molecule has 4 amide bonds. The van der Waals surface area contributed by atoms with Gasteiger partial charge in [0.05, 0.1) is 7.11 Å². The maximum Gasteiger partial charge on any atom is 0.346 e. The third-order valence-electron chi connectivity index (χ3n) is 1.88. The minimum atomic E-state index is -0.616. The van der Waals surface area contributed by atoms with Crippen molar-refractivity contribution in [1.82, 2.24) is 14.1 Å². The van der Waals surface area contributed by atoms with E-state index in [1.807, 2.05) is 0 Å². The topological polar surface area (TPSA) is 76.9 Å². The Labute approximate surface area is 105 Å². The van der Waals surface area contributed by atoms with Gasteiger partial charge in [-0.05, 0) is 18.9 Å². The Morgan fingerprint density at radius 3 is 2.12 bits per heavy atom. The van der Waals surface area contributed by atoms with Crippen LogP contribution in [0.5, 0.6) is 0 Å². The molecule has 0 bridgehead atoms. The lowest BCUT2D eigenvalue weighted by Gasteiger charge is -2.27. The molecular weight excluding hydrogens is 244 g/mol. The average molecular weight is 262 g/mol. The first-order valence-corrected chi connectivity index (χ1v) is 6.08. The highest BCUT2D eigenvalue weighted by Crippen LogP contribution is 2.11. The Morgan fingerprint density at radius 2 is 1.82 bits per heavy atom. The molecule has 0 aromatic carbocycles. The first-order valence-electron chi connectivity index (χ1n) is 4.90. The molecule has 0 aliphatic rings. The molecule has 0 atom stereocenters. The third kappa shape index (κ3) is 3.81. The SMILES string of the molecule is CCN(SC)C(=O)N(C(=N)OC)C(=O)N(C)C. The summed E-state index contributed by atoms with van der Waals surface area (Å²) >= 11 is 1.18. The van der Waals surface area contributed by atoms with Crippen LogP contribution in [-0.4, -0.2) is 66.2 Å². The second-order valence-electron chi connectivity index (χ2n) is 3.18. The minimum absolute atomic E-state index is 0.425. The van der Waals surface area contributed by atoms with E-state index in [0.717, 1.165) is 0 Å². The Morgan fingerprint density at radius 1 is 1.29 bits per heavy atom. The van der Waals surface area contributed by atoms with Crippen LogP contribution in [0.15, 0.2) is 0 Å². The molecular formula is C9H18N4O3S. The van der Waals surface area contributed by atoms with Crippen molar-refractivity contribution in [2.45, 2.75) is 6.92 Å². The van der Waals surface area contributed by atoms with E-state index in [4.69, 9.17) is 5.41 Å². The van der Waals surface area contributed by atoms with Gasteiger partial charge in [0.1, 0.15) is 0 Å². The maximum absolute atomic E-state index is 12.0.